The third-order valence-electron chi connectivity index (χ3n) is 5.56. The molecule has 2 heterocycles. The highest BCUT2D eigenvalue weighted by atomic mass is 32.1. The van der Waals surface area contributed by atoms with Gasteiger partial charge in [-0.3, -0.25) is 14.5 Å². The van der Waals surface area contributed by atoms with Gasteiger partial charge in [-0.05, 0) is 51.7 Å². The number of anilines is 1. The topological polar surface area (TPSA) is 57.6 Å². The molecule has 33 heavy (non-hydrogen) atoms. The molecule has 1 amide bonds. The lowest BCUT2D eigenvalue weighted by atomic mass is 9.88. The highest BCUT2D eigenvalue weighted by Crippen LogP contribution is 2.46. The van der Waals surface area contributed by atoms with E-state index in [9.17, 15) is 27.9 Å². The number of alkyl halides is 3. The Labute approximate surface area is 192 Å². The Morgan fingerprint density at radius 2 is 1.70 bits per heavy atom. The molecular formula is C25H20F3NO3S. The number of hydrogen-bond donors (Lipinski definition) is 1. The molecule has 0 radical (unpaired) electrons. The fourth-order valence-electron chi connectivity index (χ4n) is 3.97. The van der Waals surface area contributed by atoms with Gasteiger partial charge in [-0.2, -0.15) is 24.5 Å². The molecule has 8 heteroatoms. The van der Waals surface area contributed by atoms with Gasteiger partial charge in [0.15, 0.2) is 11.5 Å². The van der Waals surface area contributed by atoms with Crippen LogP contribution in [0.2, 0.25) is 0 Å². The zero-order chi connectivity index (χ0) is 23.9. The molecule has 1 aliphatic heterocycles. The summed E-state index contributed by atoms with van der Waals surface area (Å²) in [5.41, 5.74) is 0.553. The lowest BCUT2D eigenvalue weighted by Crippen LogP contribution is -2.32. The van der Waals surface area contributed by atoms with Crippen LogP contribution in [0.3, 0.4) is 0 Å². The van der Waals surface area contributed by atoms with Crippen molar-refractivity contribution in [3.63, 3.8) is 0 Å². The maximum absolute atomic E-state index is 13.9. The summed E-state index contributed by atoms with van der Waals surface area (Å²) in [4.78, 5) is 27.1. The summed E-state index contributed by atoms with van der Waals surface area (Å²) < 4.78 is 41.6. The Morgan fingerprint density at radius 3 is 2.27 bits per heavy atom. The number of hydrogen-bond acceptors (Lipinski definition) is 4. The van der Waals surface area contributed by atoms with Crippen molar-refractivity contribution >= 4 is 28.7 Å². The standard InChI is InChI=1S/C25H20F3NO3S/c1-14(2)22(30)20-21(18-5-3-4-6-19(18)25(26,27)28)29(24(32)23(20)31)17-9-7-15(8-10-17)16-11-12-33-13-16/h3-14,21,31H,1-2H3. The van der Waals surface area contributed by atoms with Gasteiger partial charge >= 0.3 is 6.18 Å². The van der Waals surface area contributed by atoms with E-state index in [2.05, 4.69) is 0 Å². The lowest BCUT2D eigenvalue weighted by Gasteiger charge is -2.29. The molecule has 0 fully saturated rings. The fraction of sp³-hybridized carbons (Fsp3) is 0.200. The summed E-state index contributed by atoms with van der Waals surface area (Å²) in [5.74, 6) is -2.95. The second kappa shape index (κ2) is 8.51. The molecule has 2 aromatic carbocycles. The monoisotopic (exact) mass is 471 g/mol. The van der Waals surface area contributed by atoms with Crippen molar-refractivity contribution in [1.82, 2.24) is 0 Å². The molecule has 4 rings (SSSR count). The molecule has 0 spiro atoms. The number of aliphatic hydroxyl groups is 1. The Balaban J connectivity index is 1.88. The molecule has 1 aromatic heterocycles. The van der Waals surface area contributed by atoms with E-state index in [-0.39, 0.29) is 16.8 Å². The van der Waals surface area contributed by atoms with Gasteiger partial charge in [0.25, 0.3) is 5.91 Å². The van der Waals surface area contributed by atoms with E-state index in [4.69, 9.17) is 0 Å². The molecule has 1 unspecified atom stereocenters. The maximum atomic E-state index is 13.9. The van der Waals surface area contributed by atoms with Crippen LogP contribution in [0.1, 0.15) is 31.0 Å². The van der Waals surface area contributed by atoms with Gasteiger partial charge in [0.05, 0.1) is 17.2 Å². The zero-order valence-corrected chi connectivity index (χ0v) is 18.6. The number of aliphatic hydroxyl groups excluding tert-OH is 1. The van der Waals surface area contributed by atoms with Crippen molar-refractivity contribution in [3.8, 4) is 11.1 Å². The van der Waals surface area contributed by atoms with Crippen LogP contribution in [0.25, 0.3) is 11.1 Å². The minimum atomic E-state index is -4.71. The number of amides is 1. The Morgan fingerprint density at radius 1 is 1.03 bits per heavy atom. The fourth-order valence-corrected chi connectivity index (χ4v) is 4.63. The molecule has 1 N–H and O–H groups in total. The van der Waals surface area contributed by atoms with Crippen LogP contribution >= 0.6 is 11.3 Å². The average molecular weight is 472 g/mol. The number of carbonyl (C=O) groups excluding carboxylic acids is 2. The van der Waals surface area contributed by atoms with E-state index < -0.39 is 41.1 Å². The van der Waals surface area contributed by atoms with Crippen molar-refractivity contribution < 1.29 is 27.9 Å². The van der Waals surface area contributed by atoms with Gasteiger partial charge in [-0.15, -0.1) is 0 Å². The van der Waals surface area contributed by atoms with Gasteiger partial charge in [0, 0.05) is 11.6 Å². The summed E-state index contributed by atoms with van der Waals surface area (Å²) in [5, 5.41) is 14.5. The molecule has 1 atom stereocenters. The minimum Gasteiger partial charge on any atom is -0.503 e. The van der Waals surface area contributed by atoms with Crippen molar-refractivity contribution in [2.24, 2.45) is 5.92 Å². The smallest absolute Gasteiger partial charge is 0.416 e. The Bertz CT molecular complexity index is 1230. The van der Waals surface area contributed by atoms with E-state index in [1.807, 2.05) is 16.8 Å². The first-order chi connectivity index (χ1) is 15.6. The quantitative estimate of drug-likeness (QED) is 0.459. The molecule has 0 aliphatic carbocycles. The predicted molar refractivity (Wildman–Crippen MR) is 121 cm³/mol. The third-order valence-corrected chi connectivity index (χ3v) is 6.24. The first kappa shape index (κ1) is 22.8. The Kier molecular flexibility index (Phi) is 5.88. The van der Waals surface area contributed by atoms with E-state index in [0.717, 1.165) is 22.1 Å². The second-order valence-electron chi connectivity index (χ2n) is 8.00. The maximum Gasteiger partial charge on any atom is 0.416 e. The minimum absolute atomic E-state index is 0.270. The van der Waals surface area contributed by atoms with E-state index in [0.29, 0.717) is 0 Å². The normalized spacial score (nSPS) is 16.7. The largest absolute Gasteiger partial charge is 0.503 e. The average Bonchev–Trinajstić information content (AvgIpc) is 3.40. The number of Topliss-reactive ketones (excluding diaryl/α,β-unsaturated/α-hetero) is 1. The summed E-state index contributed by atoms with van der Waals surface area (Å²) in [6.45, 7) is 3.14. The lowest BCUT2D eigenvalue weighted by molar-refractivity contribution is -0.138. The van der Waals surface area contributed by atoms with Crippen molar-refractivity contribution in [2.75, 3.05) is 4.90 Å². The number of carbonyl (C=O) groups is 2. The number of benzene rings is 2. The van der Waals surface area contributed by atoms with E-state index >= 15 is 0 Å². The molecular weight excluding hydrogens is 451 g/mol. The molecule has 0 saturated carbocycles. The number of nitrogens with zero attached hydrogens (tertiary/aromatic N) is 1. The van der Waals surface area contributed by atoms with E-state index in [1.54, 1.807) is 38.1 Å². The molecule has 1 aliphatic rings. The summed E-state index contributed by atoms with van der Waals surface area (Å²) in [6.07, 6.45) is -4.71. The molecule has 4 nitrogen and oxygen atoms in total. The summed E-state index contributed by atoms with van der Waals surface area (Å²) in [7, 11) is 0. The third kappa shape index (κ3) is 4.06. The molecule has 3 aromatic rings. The van der Waals surface area contributed by atoms with Gasteiger partial charge in [0.2, 0.25) is 0 Å². The van der Waals surface area contributed by atoms with Gasteiger partial charge in [0.1, 0.15) is 0 Å². The van der Waals surface area contributed by atoms with Crippen LogP contribution in [0.4, 0.5) is 18.9 Å². The highest BCUT2D eigenvalue weighted by molar-refractivity contribution is 7.08. The van der Waals surface area contributed by atoms with Crippen LogP contribution in [-0.4, -0.2) is 16.8 Å². The first-order valence-corrected chi connectivity index (χ1v) is 11.1. The SMILES string of the molecule is CC(C)C(=O)C1=C(O)C(=O)N(c2ccc(-c3ccsc3)cc2)C1c1ccccc1C(F)(F)F. The van der Waals surface area contributed by atoms with Crippen LogP contribution < -0.4 is 4.90 Å². The van der Waals surface area contributed by atoms with Crippen LogP contribution in [0.15, 0.2) is 76.7 Å². The first-order valence-electron chi connectivity index (χ1n) is 10.2. The molecule has 0 saturated heterocycles. The molecule has 170 valence electrons. The summed E-state index contributed by atoms with van der Waals surface area (Å²) in [6, 6.07) is 12.0. The van der Waals surface area contributed by atoms with Gasteiger partial charge in [-0.25, -0.2) is 0 Å². The van der Waals surface area contributed by atoms with Crippen molar-refractivity contribution in [3.05, 3.63) is 87.8 Å². The highest BCUT2D eigenvalue weighted by Gasteiger charge is 2.47. The summed E-state index contributed by atoms with van der Waals surface area (Å²) >= 11 is 1.52. The van der Waals surface area contributed by atoms with Crippen LogP contribution in [0.5, 0.6) is 0 Å². The number of ketones is 1. The second-order valence-corrected chi connectivity index (χ2v) is 8.78. The number of rotatable bonds is 5. The van der Waals surface area contributed by atoms with Crippen LogP contribution in [0, 0.1) is 5.92 Å². The van der Waals surface area contributed by atoms with Crippen LogP contribution in [-0.2, 0) is 15.8 Å². The number of thiophene rings is 1. The van der Waals surface area contributed by atoms with Gasteiger partial charge in [-0.1, -0.05) is 44.2 Å². The Hall–Kier alpha value is -3.39. The zero-order valence-electron chi connectivity index (χ0n) is 17.8. The van der Waals surface area contributed by atoms with Crippen molar-refractivity contribution in [1.29, 1.82) is 0 Å². The van der Waals surface area contributed by atoms with Gasteiger partial charge < -0.3 is 5.11 Å². The van der Waals surface area contributed by atoms with E-state index in [1.165, 1.54) is 29.5 Å². The molecule has 0 bridgehead atoms. The predicted octanol–water partition coefficient (Wildman–Crippen LogP) is 6.56. The number of halogens is 3. The van der Waals surface area contributed by atoms with Crippen molar-refractivity contribution in [2.45, 2.75) is 26.1 Å².